The van der Waals surface area contributed by atoms with Crippen LogP contribution in [0.1, 0.15) is 13.3 Å². The molecule has 1 fully saturated rings. The maximum absolute atomic E-state index is 11.0. The molecule has 0 spiro atoms. The highest BCUT2D eigenvalue weighted by Gasteiger charge is 2.42. The lowest BCUT2D eigenvalue weighted by Gasteiger charge is -2.21. The second-order valence-corrected chi connectivity index (χ2v) is 2.88. The molecule has 0 aliphatic carbocycles. The third-order valence-electron chi connectivity index (χ3n) is 2.01. The summed E-state index contributed by atoms with van der Waals surface area (Å²) < 4.78 is 4.84. The minimum absolute atomic E-state index is 0.287. The summed E-state index contributed by atoms with van der Waals surface area (Å²) in [6.45, 7) is 1.04. The molecule has 2 N–H and O–H groups in total. The third-order valence-corrected chi connectivity index (χ3v) is 2.01. The van der Waals surface area contributed by atoms with Gasteiger partial charge < -0.3 is 14.9 Å². The summed E-state index contributed by atoms with van der Waals surface area (Å²) in [7, 11) is 0. The van der Waals surface area contributed by atoms with E-state index >= 15 is 0 Å². The number of rotatable bonds is 2. The average molecular weight is 172 g/mol. The molecule has 0 radical (unpaired) electrons. The van der Waals surface area contributed by atoms with E-state index in [0.29, 0.717) is 5.57 Å². The van der Waals surface area contributed by atoms with Crippen molar-refractivity contribution in [3.05, 3.63) is 11.6 Å². The number of cyclic esters (lactones) is 1. The van der Waals surface area contributed by atoms with Crippen molar-refractivity contribution >= 4 is 5.97 Å². The summed E-state index contributed by atoms with van der Waals surface area (Å²) in [5.74, 6) is -0.444. The van der Waals surface area contributed by atoms with E-state index in [4.69, 9.17) is 14.9 Å². The Hall–Kier alpha value is -0.870. The zero-order valence-corrected chi connectivity index (χ0v) is 6.91. The van der Waals surface area contributed by atoms with Gasteiger partial charge in [0.1, 0.15) is 0 Å². The third kappa shape index (κ3) is 1.35. The van der Waals surface area contributed by atoms with Gasteiger partial charge in [0.05, 0.1) is 13.2 Å². The predicted molar refractivity (Wildman–Crippen MR) is 41.4 cm³/mol. The lowest BCUT2D eigenvalue weighted by molar-refractivity contribution is -0.154. The number of hydrogen-bond acceptors (Lipinski definition) is 4. The Balaban J connectivity index is 2.82. The molecule has 0 aromatic rings. The van der Waals surface area contributed by atoms with Crippen molar-refractivity contribution in [1.29, 1.82) is 0 Å². The SMILES string of the molecule is C/C=C1/CC(CO)(CO)OC1=O. The first-order chi connectivity index (χ1) is 5.67. The molecule has 12 heavy (non-hydrogen) atoms. The topological polar surface area (TPSA) is 66.8 Å². The van der Waals surface area contributed by atoms with Gasteiger partial charge in [0, 0.05) is 12.0 Å². The van der Waals surface area contributed by atoms with Crippen molar-refractivity contribution in [2.45, 2.75) is 18.9 Å². The van der Waals surface area contributed by atoms with Gasteiger partial charge in [-0.3, -0.25) is 0 Å². The van der Waals surface area contributed by atoms with Crippen LogP contribution in [0.15, 0.2) is 11.6 Å². The zero-order valence-electron chi connectivity index (χ0n) is 6.91. The fourth-order valence-corrected chi connectivity index (χ4v) is 1.16. The smallest absolute Gasteiger partial charge is 0.334 e. The number of esters is 1. The summed E-state index contributed by atoms with van der Waals surface area (Å²) in [4.78, 5) is 11.0. The second kappa shape index (κ2) is 3.25. The van der Waals surface area contributed by atoms with E-state index in [9.17, 15) is 4.79 Å². The van der Waals surface area contributed by atoms with Crippen LogP contribution < -0.4 is 0 Å². The summed E-state index contributed by atoms with van der Waals surface area (Å²) >= 11 is 0. The van der Waals surface area contributed by atoms with Gasteiger partial charge in [-0.2, -0.15) is 0 Å². The summed E-state index contributed by atoms with van der Waals surface area (Å²) in [6.07, 6.45) is 1.92. The molecule has 1 heterocycles. The van der Waals surface area contributed by atoms with E-state index in [1.165, 1.54) is 0 Å². The van der Waals surface area contributed by atoms with Gasteiger partial charge in [-0.25, -0.2) is 4.79 Å². The summed E-state index contributed by atoms with van der Waals surface area (Å²) in [6, 6.07) is 0. The molecule has 4 heteroatoms. The Morgan fingerprint density at radius 3 is 2.42 bits per heavy atom. The van der Waals surface area contributed by atoms with Gasteiger partial charge in [0.2, 0.25) is 0 Å². The van der Waals surface area contributed by atoms with Crippen molar-refractivity contribution in [3.8, 4) is 0 Å². The largest absolute Gasteiger partial charge is 0.450 e. The van der Waals surface area contributed by atoms with Gasteiger partial charge in [-0.1, -0.05) is 6.08 Å². The van der Waals surface area contributed by atoms with Gasteiger partial charge in [-0.15, -0.1) is 0 Å². The Morgan fingerprint density at radius 2 is 2.17 bits per heavy atom. The monoisotopic (exact) mass is 172 g/mol. The van der Waals surface area contributed by atoms with Crippen LogP contribution in [0.5, 0.6) is 0 Å². The Kier molecular flexibility index (Phi) is 2.49. The first-order valence-electron chi connectivity index (χ1n) is 3.78. The maximum Gasteiger partial charge on any atom is 0.334 e. The molecule has 0 unspecified atom stereocenters. The number of ether oxygens (including phenoxy) is 1. The predicted octanol–water partition coefficient (Wildman–Crippen LogP) is -0.397. The number of hydrogen-bond donors (Lipinski definition) is 2. The Labute approximate surface area is 70.5 Å². The second-order valence-electron chi connectivity index (χ2n) is 2.88. The van der Waals surface area contributed by atoms with Crippen LogP contribution in [0.4, 0.5) is 0 Å². The lowest BCUT2D eigenvalue weighted by Crippen LogP contribution is -2.37. The van der Waals surface area contributed by atoms with Crippen LogP contribution >= 0.6 is 0 Å². The molecule has 0 aromatic heterocycles. The molecule has 0 amide bonds. The quantitative estimate of drug-likeness (QED) is 0.439. The van der Waals surface area contributed by atoms with Crippen molar-refractivity contribution in [2.75, 3.05) is 13.2 Å². The highest BCUT2D eigenvalue weighted by Crippen LogP contribution is 2.29. The average Bonchev–Trinajstić information content (AvgIpc) is 2.43. The molecule has 0 bridgehead atoms. The minimum Gasteiger partial charge on any atom is -0.450 e. The van der Waals surface area contributed by atoms with E-state index in [-0.39, 0.29) is 19.6 Å². The number of carbonyl (C=O) groups is 1. The Morgan fingerprint density at radius 1 is 1.58 bits per heavy atom. The molecule has 1 saturated heterocycles. The van der Waals surface area contributed by atoms with Crippen LogP contribution in [-0.4, -0.2) is 35.0 Å². The van der Waals surface area contributed by atoms with E-state index in [1.54, 1.807) is 13.0 Å². The summed E-state index contributed by atoms with van der Waals surface area (Å²) in [5, 5.41) is 17.8. The molecule has 1 rings (SSSR count). The molecule has 1 aliphatic heterocycles. The van der Waals surface area contributed by atoms with Crippen molar-refractivity contribution in [1.82, 2.24) is 0 Å². The number of aliphatic hydroxyl groups is 2. The van der Waals surface area contributed by atoms with Crippen molar-refractivity contribution < 1.29 is 19.7 Å². The lowest BCUT2D eigenvalue weighted by atomic mass is 10.00. The molecule has 0 aromatic carbocycles. The standard InChI is InChI=1S/C8H12O4/c1-2-6-3-8(4-9,5-10)12-7(6)11/h2,9-10H,3-5H2,1H3/b6-2-. The number of carbonyl (C=O) groups excluding carboxylic acids is 1. The molecule has 0 saturated carbocycles. The fourth-order valence-electron chi connectivity index (χ4n) is 1.16. The van der Waals surface area contributed by atoms with Crippen molar-refractivity contribution in [2.24, 2.45) is 0 Å². The Bertz CT molecular complexity index is 215. The summed E-state index contributed by atoms with van der Waals surface area (Å²) in [5.41, 5.74) is -0.572. The number of allylic oxidation sites excluding steroid dienone is 1. The minimum atomic E-state index is -1.08. The molecule has 68 valence electrons. The normalized spacial score (nSPS) is 24.6. The highest BCUT2D eigenvalue weighted by molar-refractivity contribution is 5.91. The molecular formula is C8H12O4. The molecule has 0 atom stereocenters. The van der Waals surface area contributed by atoms with Gasteiger partial charge in [0.15, 0.2) is 5.60 Å². The van der Waals surface area contributed by atoms with Crippen LogP contribution in [-0.2, 0) is 9.53 Å². The fraction of sp³-hybridized carbons (Fsp3) is 0.625. The number of aliphatic hydroxyl groups excluding tert-OH is 2. The van der Waals surface area contributed by atoms with Gasteiger partial charge in [-0.05, 0) is 6.92 Å². The van der Waals surface area contributed by atoms with Crippen LogP contribution in [0.3, 0.4) is 0 Å². The van der Waals surface area contributed by atoms with Crippen LogP contribution in [0.2, 0.25) is 0 Å². The van der Waals surface area contributed by atoms with E-state index in [0.717, 1.165) is 0 Å². The molecule has 1 aliphatic rings. The van der Waals surface area contributed by atoms with E-state index < -0.39 is 11.6 Å². The first kappa shape index (κ1) is 9.22. The van der Waals surface area contributed by atoms with E-state index in [1.807, 2.05) is 0 Å². The van der Waals surface area contributed by atoms with Crippen LogP contribution in [0.25, 0.3) is 0 Å². The van der Waals surface area contributed by atoms with Gasteiger partial charge in [0.25, 0.3) is 0 Å². The van der Waals surface area contributed by atoms with Crippen molar-refractivity contribution in [3.63, 3.8) is 0 Å². The molecular weight excluding hydrogens is 160 g/mol. The van der Waals surface area contributed by atoms with E-state index in [2.05, 4.69) is 0 Å². The molecule has 4 nitrogen and oxygen atoms in total. The maximum atomic E-state index is 11.0. The zero-order chi connectivity index (χ0) is 9.19. The first-order valence-corrected chi connectivity index (χ1v) is 3.78. The highest BCUT2D eigenvalue weighted by atomic mass is 16.6. The van der Waals surface area contributed by atoms with Gasteiger partial charge >= 0.3 is 5.97 Å². The van der Waals surface area contributed by atoms with Crippen LogP contribution in [0, 0.1) is 0 Å².